The molecular weight excluding hydrogens is 221 g/mol. The number of aryl methyl sites for hydroxylation is 1. The summed E-state index contributed by atoms with van der Waals surface area (Å²) >= 11 is 0. The van der Waals surface area contributed by atoms with Gasteiger partial charge in [0, 0.05) is 19.2 Å². The van der Waals surface area contributed by atoms with Crippen LogP contribution in [-0.2, 0) is 6.54 Å². The first kappa shape index (κ1) is 13.0. The van der Waals surface area contributed by atoms with Crippen LogP contribution in [0.3, 0.4) is 0 Å². The smallest absolute Gasteiger partial charge is 0.387 e. The summed E-state index contributed by atoms with van der Waals surface area (Å²) in [6.45, 7) is 2.54. The lowest BCUT2D eigenvalue weighted by molar-refractivity contribution is -0.140. The Morgan fingerprint density at radius 1 is 1.50 bits per heavy atom. The lowest BCUT2D eigenvalue weighted by Gasteiger charge is -2.14. The summed E-state index contributed by atoms with van der Waals surface area (Å²) in [4.78, 5) is 0. The van der Waals surface area contributed by atoms with Gasteiger partial charge in [-0.05, 0) is 18.9 Å². The van der Waals surface area contributed by atoms with Gasteiger partial charge in [-0.25, -0.2) is 0 Å². The summed E-state index contributed by atoms with van der Waals surface area (Å²) in [5.74, 6) is 0. The van der Waals surface area contributed by atoms with Gasteiger partial charge in [0.25, 0.3) is 0 Å². The highest BCUT2D eigenvalue weighted by Crippen LogP contribution is 2.27. The first-order chi connectivity index (χ1) is 7.44. The minimum Gasteiger partial charge on any atom is -0.387 e. The molecule has 0 aliphatic carbocycles. The van der Waals surface area contributed by atoms with E-state index in [1.54, 1.807) is 10.7 Å². The summed E-state index contributed by atoms with van der Waals surface area (Å²) < 4.78 is 37.5. The van der Waals surface area contributed by atoms with Gasteiger partial charge >= 0.3 is 6.18 Å². The number of alkyl halides is 3. The van der Waals surface area contributed by atoms with E-state index in [1.807, 2.05) is 6.92 Å². The van der Waals surface area contributed by atoms with E-state index < -0.39 is 18.7 Å². The number of nitrogens with zero attached hydrogens (tertiary/aromatic N) is 2. The Bertz CT molecular complexity index is 322. The Labute approximate surface area is 91.9 Å². The second kappa shape index (κ2) is 5.34. The van der Waals surface area contributed by atoms with Gasteiger partial charge in [-0.15, -0.1) is 0 Å². The molecule has 1 rings (SSSR count). The number of hydrogen-bond acceptors (Lipinski definition) is 2. The van der Waals surface area contributed by atoms with Gasteiger partial charge in [-0.2, -0.15) is 18.3 Å². The van der Waals surface area contributed by atoms with E-state index >= 15 is 0 Å². The third kappa shape index (κ3) is 3.84. The lowest BCUT2D eigenvalue weighted by Crippen LogP contribution is -2.13. The molecule has 3 nitrogen and oxygen atoms in total. The fourth-order valence-corrected chi connectivity index (χ4v) is 1.47. The molecule has 16 heavy (non-hydrogen) atoms. The molecule has 0 saturated carbocycles. The van der Waals surface area contributed by atoms with Gasteiger partial charge in [-0.3, -0.25) is 4.68 Å². The molecule has 0 aliphatic rings. The number of hydrogen-bond donors (Lipinski definition) is 1. The van der Waals surface area contributed by atoms with E-state index in [0.29, 0.717) is 12.2 Å². The van der Waals surface area contributed by atoms with Gasteiger partial charge in [0.1, 0.15) is 0 Å². The molecule has 1 atom stereocenters. The van der Waals surface area contributed by atoms with Crippen molar-refractivity contribution in [2.24, 2.45) is 0 Å². The molecule has 1 aromatic rings. The molecule has 0 spiro atoms. The van der Waals surface area contributed by atoms with E-state index in [2.05, 4.69) is 5.10 Å². The quantitative estimate of drug-likeness (QED) is 0.853. The third-order valence-corrected chi connectivity index (χ3v) is 2.23. The van der Waals surface area contributed by atoms with Gasteiger partial charge in [0.05, 0.1) is 11.8 Å². The van der Waals surface area contributed by atoms with Crippen LogP contribution in [0.4, 0.5) is 13.2 Å². The largest absolute Gasteiger partial charge is 0.389 e. The lowest BCUT2D eigenvalue weighted by atomic mass is 10.1. The Kier molecular flexibility index (Phi) is 4.35. The molecule has 0 fully saturated rings. The number of aliphatic hydroxyl groups is 1. The zero-order valence-electron chi connectivity index (χ0n) is 9.04. The van der Waals surface area contributed by atoms with Crippen LogP contribution in [0.25, 0.3) is 0 Å². The fraction of sp³-hybridized carbons (Fsp3) is 0.700. The van der Waals surface area contributed by atoms with Gasteiger partial charge in [-0.1, -0.05) is 6.92 Å². The summed E-state index contributed by atoms with van der Waals surface area (Å²) in [5.41, 5.74) is 0.450. The zero-order valence-corrected chi connectivity index (χ0v) is 9.04. The van der Waals surface area contributed by atoms with Crippen molar-refractivity contribution in [2.75, 3.05) is 0 Å². The number of aliphatic hydroxyl groups excluding tert-OH is 1. The number of halogens is 3. The van der Waals surface area contributed by atoms with Crippen LogP contribution in [0.15, 0.2) is 12.3 Å². The summed E-state index contributed by atoms with van der Waals surface area (Å²) in [7, 11) is 0. The van der Waals surface area contributed by atoms with Crippen LogP contribution >= 0.6 is 0 Å². The van der Waals surface area contributed by atoms with Crippen molar-refractivity contribution in [1.29, 1.82) is 0 Å². The van der Waals surface area contributed by atoms with E-state index in [1.165, 1.54) is 6.20 Å². The van der Waals surface area contributed by atoms with Crippen LogP contribution in [0.1, 0.15) is 38.0 Å². The normalized spacial score (nSPS) is 14.1. The second-order valence-corrected chi connectivity index (χ2v) is 3.65. The van der Waals surface area contributed by atoms with Crippen LogP contribution in [0.2, 0.25) is 0 Å². The van der Waals surface area contributed by atoms with Crippen molar-refractivity contribution in [3.8, 4) is 0 Å². The van der Waals surface area contributed by atoms with Crippen LogP contribution in [-0.4, -0.2) is 21.1 Å². The molecule has 0 amide bonds. The topological polar surface area (TPSA) is 38.0 Å². The number of rotatable bonds is 5. The maximum Gasteiger partial charge on any atom is 0.389 e. The molecule has 1 unspecified atom stereocenters. The maximum atomic E-state index is 12.0. The molecule has 1 N–H and O–H groups in total. The van der Waals surface area contributed by atoms with Crippen LogP contribution in [0.5, 0.6) is 0 Å². The van der Waals surface area contributed by atoms with Crippen molar-refractivity contribution in [1.82, 2.24) is 9.78 Å². The highest BCUT2D eigenvalue weighted by Gasteiger charge is 2.28. The molecule has 0 aromatic carbocycles. The Hall–Kier alpha value is -1.04. The maximum absolute atomic E-state index is 12.0. The molecule has 6 heteroatoms. The Balaban J connectivity index is 2.58. The monoisotopic (exact) mass is 236 g/mol. The molecule has 92 valence electrons. The molecule has 0 radical (unpaired) electrons. The van der Waals surface area contributed by atoms with Crippen LogP contribution < -0.4 is 0 Å². The van der Waals surface area contributed by atoms with Crippen LogP contribution in [0, 0.1) is 0 Å². The average molecular weight is 236 g/mol. The van der Waals surface area contributed by atoms with Gasteiger partial charge < -0.3 is 5.11 Å². The van der Waals surface area contributed by atoms with Crippen molar-refractivity contribution in [3.05, 3.63) is 18.0 Å². The van der Waals surface area contributed by atoms with Gasteiger partial charge in [0.15, 0.2) is 0 Å². The Morgan fingerprint density at radius 3 is 2.75 bits per heavy atom. The van der Waals surface area contributed by atoms with Crippen molar-refractivity contribution >= 4 is 0 Å². The third-order valence-electron chi connectivity index (χ3n) is 2.23. The Morgan fingerprint density at radius 2 is 2.19 bits per heavy atom. The summed E-state index contributed by atoms with van der Waals surface area (Å²) in [5, 5.41) is 13.6. The van der Waals surface area contributed by atoms with E-state index in [4.69, 9.17) is 0 Å². The zero-order chi connectivity index (χ0) is 12.2. The fourth-order valence-electron chi connectivity index (χ4n) is 1.47. The molecule has 0 aliphatic heterocycles. The molecule has 0 bridgehead atoms. The van der Waals surface area contributed by atoms with E-state index in [-0.39, 0.29) is 6.42 Å². The van der Waals surface area contributed by atoms with Crippen molar-refractivity contribution in [3.63, 3.8) is 0 Å². The highest BCUT2D eigenvalue weighted by molar-refractivity contribution is 5.04. The standard InChI is InChI=1S/C10H15F3N2O/c1-2-7-15-8(4-6-14-15)9(16)3-5-10(11,12)13/h4,6,9,16H,2-3,5,7H2,1H3. The van der Waals surface area contributed by atoms with Crippen molar-refractivity contribution < 1.29 is 18.3 Å². The molecular formula is C10H15F3N2O. The first-order valence-corrected chi connectivity index (χ1v) is 5.20. The van der Waals surface area contributed by atoms with Crippen molar-refractivity contribution in [2.45, 2.75) is 45.0 Å². The predicted octanol–water partition coefficient (Wildman–Crippen LogP) is 2.67. The number of aromatic nitrogens is 2. The average Bonchev–Trinajstić information content (AvgIpc) is 2.62. The molecule has 0 saturated heterocycles. The highest BCUT2D eigenvalue weighted by atomic mass is 19.4. The van der Waals surface area contributed by atoms with E-state index in [9.17, 15) is 18.3 Å². The van der Waals surface area contributed by atoms with Gasteiger partial charge in [0.2, 0.25) is 0 Å². The molecule has 1 aromatic heterocycles. The molecule has 1 heterocycles. The summed E-state index contributed by atoms with van der Waals surface area (Å²) in [6, 6.07) is 1.55. The van der Waals surface area contributed by atoms with E-state index in [0.717, 1.165) is 6.42 Å². The minimum atomic E-state index is -4.23. The first-order valence-electron chi connectivity index (χ1n) is 5.20. The SMILES string of the molecule is CCCn1nccc1C(O)CCC(F)(F)F. The second-order valence-electron chi connectivity index (χ2n) is 3.65. The summed E-state index contributed by atoms with van der Waals surface area (Å²) in [6.07, 6.45) is -4.32. The predicted molar refractivity (Wildman–Crippen MR) is 52.8 cm³/mol. The minimum absolute atomic E-state index is 0.321.